The Morgan fingerprint density at radius 1 is 1.50 bits per heavy atom. The van der Waals surface area contributed by atoms with E-state index in [1.807, 2.05) is 25.1 Å². The number of nitrogens with zero attached hydrogens (tertiary/aromatic N) is 1. The molecule has 1 aliphatic rings. The highest BCUT2D eigenvalue weighted by molar-refractivity contribution is 5.94. The molecule has 0 saturated heterocycles. The molecule has 0 radical (unpaired) electrons. The molecule has 0 aliphatic heterocycles. The highest BCUT2D eigenvalue weighted by atomic mass is 16.2. The molecule has 3 N–H and O–H groups in total. The maximum atomic E-state index is 12.3. The van der Waals surface area contributed by atoms with E-state index in [2.05, 4.69) is 17.1 Å². The second-order valence-electron chi connectivity index (χ2n) is 5.68. The number of nitrogen functional groups attached to an aromatic ring is 1. The highest BCUT2D eigenvalue weighted by Gasteiger charge is 2.25. The first-order valence-electron chi connectivity index (χ1n) is 7.50. The molecule has 4 nitrogen and oxygen atoms in total. The van der Waals surface area contributed by atoms with Crippen LogP contribution in [0.1, 0.15) is 33.1 Å². The first-order valence-corrected chi connectivity index (χ1v) is 7.50. The third-order valence-electron chi connectivity index (χ3n) is 4.20. The Hall–Kier alpha value is -1.55. The molecule has 0 bridgehead atoms. The van der Waals surface area contributed by atoms with Crippen molar-refractivity contribution in [3.05, 3.63) is 24.3 Å². The molecule has 1 amide bonds. The van der Waals surface area contributed by atoms with Gasteiger partial charge in [0.1, 0.15) is 0 Å². The summed E-state index contributed by atoms with van der Waals surface area (Å²) in [6, 6.07) is 7.20. The second kappa shape index (κ2) is 6.75. The predicted octanol–water partition coefficient (Wildman–Crippen LogP) is 2.72. The normalized spacial score (nSPS) is 16.8. The van der Waals surface area contributed by atoms with Crippen molar-refractivity contribution in [1.82, 2.24) is 4.90 Å². The fourth-order valence-electron chi connectivity index (χ4n) is 2.60. The quantitative estimate of drug-likeness (QED) is 0.785. The summed E-state index contributed by atoms with van der Waals surface area (Å²) < 4.78 is 0. The Labute approximate surface area is 121 Å². The van der Waals surface area contributed by atoms with E-state index < -0.39 is 0 Å². The van der Waals surface area contributed by atoms with E-state index in [1.54, 1.807) is 6.07 Å². The van der Waals surface area contributed by atoms with Gasteiger partial charge >= 0.3 is 0 Å². The number of nitrogens with one attached hydrogen (secondary N) is 1. The zero-order chi connectivity index (χ0) is 14.5. The van der Waals surface area contributed by atoms with Crippen LogP contribution in [-0.4, -0.2) is 29.9 Å². The van der Waals surface area contributed by atoms with Crippen LogP contribution in [0.3, 0.4) is 0 Å². The van der Waals surface area contributed by atoms with Gasteiger partial charge in [-0.15, -0.1) is 0 Å². The molecule has 1 saturated carbocycles. The van der Waals surface area contributed by atoms with Crippen LogP contribution >= 0.6 is 0 Å². The number of nitrogens with two attached hydrogens (primary N) is 1. The molecule has 1 atom stereocenters. The zero-order valence-corrected chi connectivity index (χ0v) is 12.4. The summed E-state index contributed by atoms with van der Waals surface area (Å²) in [6.45, 7) is 6.02. The lowest BCUT2D eigenvalue weighted by atomic mass is 9.85. The number of benzene rings is 1. The van der Waals surface area contributed by atoms with Crippen LogP contribution in [0.5, 0.6) is 0 Å². The Balaban J connectivity index is 1.92. The zero-order valence-electron chi connectivity index (χ0n) is 12.4. The van der Waals surface area contributed by atoms with Crippen molar-refractivity contribution < 1.29 is 4.79 Å². The van der Waals surface area contributed by atoms with E-state index in [1.165, 1.54) is 19.3 Å². The van der Waals surface area contributed by atoms with Crippen molar-refractivity contribution >= 4 is 17.3 Å². The molecule has 20 heavy (non-hydrogen) atoms. The summed E-state index contributed by atoms with van der Waals surface area (Å²) in [7, 11) is 0. The van der Waals surface area contributed by atoms with Crippen LogP contribution in [0.4, 0.5) is 11.4 Å². The molecule has 4 heteroatoms. The number of amides is 1. The van der Waals surface area contributed by atoms with Crippen LogP contribution < -0.4 is 11.1 Å². The number of anilines is 2. The second-order valence-corrected chi connectivity index (χ2v) is 5.68. The smallest absolute Gasteiger partial charge is 0.241 e. The summed E-state index contributed by atoms with van der Waals surface area (Å²) in [5.74, 6) is 0.814. The van der Waals surface area contributed by atoms with Gasteiger partial charge in [0, 0.05) is 17.9 Å². The number of carbonyl (C=O) groups is 1. The highest BCUT2D eigenvalue weighted by Crippen LogP contribution is 2.27. The van der Waals surface area contributed by atoms with Crippen LogP contribution in [0.2, 0.25) is 0 Å². The van der Waals surface area contributed by atoms with Crippen molar-refractivity contribution in [3.8, 4) is 0 Å². The molecule has 110 valence electrons. The van der Waals surface area contributed by atoms with Crippen molar-refractivity contribution in [1.29, 1.82) is 0 Å². The molecule has 1 fully saturated rings. The van der Waals surface area contributed by atoms with E-state index in [9.17, 15) is 4.79 Å². The molecular weight excluding hydrogens is 250 g/mol. The Bertz CT molecular complexity index is 457. The number of hydrogen-bond donors (Lipinski definition) is 2. The van der Waals surface area contributed by atoms with Gasteiger partial charge in [-0.1, -0.05) is 19.4 Å². The van der Waals surface area contributed by atoms with Gasteiger partial charge in [0.25, 0.3) is 0 Å². The summed E-state index contributed by atoms with van der Waals surface area (Å²) in [6.07, 6.45) is 3.95. The summed E-state index contributed by atoms with van der Waals surface area (Å²) >= 11 is 0. The molecule has 1 aliphatic carbocycles. The van der Waals surface area contributed by atoms with Gasteiger partial charge in [-0.3, -0.25) is 9.69 Å². The number of likely N-dealkylation sites (N-methyl/N-ethyl adjacent to an activating group) is 1. The summed E-state index contributed by atoms with van der Waals surface area (Å²) in [5.41, 5.74) is 7.16. The Morgan fingerprint density at radius 2 is 2.25 bits per heavy atom. The molecule has 0 heterocycles. The van der Waals surface area contributed by atoms with Gasteiger partial charge in [-0.25, -0.2) is 0 Å². The standard InChI is InChI=1S/C16H25N3O/c1-3-19(11-13-6-4-7-13)12(2)16(20)18-15-9-5-8-14(17)10-15/h5,8-10,12-13H,3-4,6-7,11,17H2,1-2H3,(H,18,20). The third kappa shape index (κ3) is 3.73. The molecule has 2 rings (SSSR count). The molecule has 1 aromatic rings. The van der Waals surface area contributed by atoms with Crippen molar-refractivity contribution in [2.75, 3.05) is 24.1 Å². The minimum atomic E-state index is -0.109. The Morgan fingerprint density at radius 3 is 2.80 bits per heavy atom. The molecular formula is C16H25N3O. The van der Waals surface area contributed by atoms with Crippen molar-refractivity contribution in [2.24, 2.45) is 5.92 Å². The fraction of sp³-hybridized carbons (Fsp3) is 0.562. The van der Waals surface area contributed by atoms with Crippen LogP contribution in [-0.2, 0) is 4.79 Å². The van der Waals surface area contributed by atoms with Crippen LogP contribution in [0.15, 0.2) is 24.3 Å². The molecule has 0 spiro atoms. The van der Waals surface area contributed by atoms with Gasteiger partial charge in [0.05, 0.1) is 6.04 Å². The summed E-state index contributed by atoms with van der Waals surface area (Å²) in [4.78, 5) is 14.6. The lowest BCUT2D eigenvalue weighted by Gasteiger charge is -2.34. The van der Waals surface area contributed by atoms with Crippen molar-refractivity contribution in [2.45, 2.75) is 39.2 Å². The van der Waals surface area contributed by atoms with E-state index in [4.69, 9.17) is 5.73 Å². The average molecular weight is 275 g/mol. The molecule has 1 aromatic carbocycles. The monoisotopic (exact) mass is 275 g/mol. The number of rotatable bonds is 6. The SMILES string of the molecule is CCN(CC1CCC1)C(C)C(=O)Nc1cccc(N)c1. The lowest BCUT2D eigenvalue weighted by Crippen LogP contribution is -2.45. The maximum Gasteiger partial charge on any atom is 0.241 e. The molecule has 1 unspecified atom stereocenters. The number of carbonyl (C=O) groups excluding carboxylic acids is 1. The first-order chi connectivity index (χ1) is 9.60. The Kier molecular flexibility index (Phi) is 5.01. The minimum Gasteiger partial charge on any atom is -0.399 e. The van der Waals surface area contributed by atoms with Gasteiger partial charge in [0.15, 0.2) is 0 Å². The first kappa shape index (κ1) is 14.9. The predicted molar refractivity (Wildman–Crippen MR) is 83.5 cm³/mol. The van der Waals surface area contributed by atoms with Crippen LogP contribution in [0, 0.1) is 5.92 Å². The van der Waals surface area contributed by atoms with Gasteiger partial charge < -0.3 is 11.1 Å². The molecule has 0 aromatic heterocycles. The van der Waals surface area contributed by atoms with Crippen molar-refractivity contribution in [3.63, 3.8) is 0 Å². The van der Waals surface area contributed by atoms with Gasteiger partial charge in [0.2, 0.25) is 5.91 Å². The van der Waals surface area contributed by atoms with E-state index in [-0.39, 0.29) is 11.9 Å². The van der Waals surface area contributed by atoms with E-state index >= 15 is 0 Å². The number of hydrogen-bond acceptors (Lipinski definition) is 3. The van der Waals surface area contributed by atoms with Gasteiger partial charge in [-0.05, 0) is 50.4 Å². The third-order valence-corrected chi connectivity index (χ3v) is 4.20. The average Bonchev–Trinajstić information content (AvgIpc) is 2.37. The topological polar surface area (TPSA) is 58.4 Å². The van der Waals surface area contributed by atoms with Crippen LogP contribution in [0.25, 0.3) is 0 Å². The van der Waals surface area contributed by atoms with Gasteiger partial charge in [-0.2, -0.15) is 0 Å². The maximum absolute atomic E-state index is 12.3. The fourth-order valence-corrected chi connectivity index (χ4v) is 2.60. The van der Waals surface area contributed by atoms with E-state index in [0.717, 1.165) is 24.7 Å². The lowest BCUT2D eigenvalue weighted by molar-refractivity contribution is -0.121. The van der Waals surface area contributed by atoms with E-state index in [0.29, 0.717) is 5.69 Å². The minimum absolute atomic E-state index is 0.0387. The largest absolute Gasteiger partial charge is 0.399 e. The summed E-state index contributed by atoms with van der Waals surface area (Å²) in [5, 5.41) is 2.95.